The van der Waals surface area contributed by atoms with Crippen molar-refractivity contribution < 1.29 is 13.2 Å². The number of sulfonamides is 1. The molecule has 0 aromatic rings. The molecule has 0 saturated heterocycles. The average Bonchev–Trinajstić information content (AvgIpc) is 2.98. The summed E-state index contributed by atoms with van der Waals surface area (Å²) in [6.07, 6.45) is 7.39. The van der Waals surface area contributed by atoms with Gasteiger partial charge in [0.15, 0.2) is 0 Å². The third kappa shape index (κ3) is 4.20. The van der Waals surface area contributed by atoms with Gasteiger partial charge in [0.2, 0.25) is 10.0 Å². The molecular formula is C10H17NO3S. The van der Waals surface area contributed by atoms with Gasteiger partial charge in [-0.05, 0) is 18.8 Å². The molecule has 86 valence electrons. The number of rotatable bonds is 7. The quantitative estimate of drug-likeness (QED) is 0.592. The van der Waals surface area contributed by atoms with Crippen LogP contribution < -0.4 is 0 Å². The smallest absolute Gasteiger partial charge is 0.217 e. The average molecular weight is 231 g/mol. The second-order valence-corrected chi connectivity index (χ2v) is 5.84. The van der Waals surface area contributed by atoms with Crippen molar-refractivity contribution in [2.24, 2.45) is 5.92 Å². The van der Waals surface area contributed by atoms with Crippen LogP contribution in [0.1, 0.15) is 12.8 Å². The van der Waals surface area contributed by atoms with E-state index in [1.165, 1.54) is 11.4 Å². The normalized spacial score (nSPS) is 16.6. The van der Waals surface area contributed by atoms with Gasteiger partial charge in [-0.25, -0.2) is 8.42 Å². The molecule has 0 heterocycles. The molecule has 4 nitrogen and oxygen atoms in total. The van der Waals surface area contributed by atoms with Crippen LogP contribution in [0.15, 0.2) is 0 Å². The summed E-state index contributed by atoms with van der Waals surface area (Å²) >= 11 is 0. The number of terminal acetylenes is 1. The van der Waals surface area contributed by atoms with Crippen LogP contribution in [0.3, 0.4) is 0 Å². The number of ether oxygens (including phenoxy) is 1. The Morgan fingerprint density at radius 2 is 2.20 bits per heavy atom. The molecular weight excluding hydrogens is 214 g/mol. The van der Waals surface area contributed by atoms with Crippen molar-refractivity contribution in [2.75, 3.05) is 32.6 Å². The first-order chi connectivity index (χ1) is 7.10. The van der Waals surface area contributed by atoms with Crippen molar-refractivity contribution in [3.8, 4) is 12.3 Å². The molecule has 1 fully saturated rings. The van der Waals surface area contributed by atoms with E-state index in [1.54, 1.807) is 0 Å². The molecule has 0 spiro atoms. The maximum Gasteiger partial charge on any atom is 0.217 e. The molecule has 1 aliphatic rings. The lowest BCUT2D eigenvalue weighted by molar-refractivity contribution is 0.215. The first-order valence-corrected chi connectivity index (χ1v) is 6.61. The van der Waals surface area contributed by atoms with Crippen LogP contribution in [-0.4, -0.2) is 45.3 Å². The van der Waals surface area contributed by atoms with Gasteiger partial charge in [-0.15, -0.1) is 6.42 Å². The summed E-state index contributed by atoms with van der Waals surface area (Å²) in [6.45, 7) is 0.951. The van der Waals surface area contributed by atoms with E-state index in [-0.39, 0.29) is 18.9 Å². The molecule has 0 amide bonds. The van der Waals surface area contributed by atoms with Gasteiger partial charge < -0.3 is 4.74 Å². The number of hydrogen-bond acceptors (Lipinski definition) is 3. The monoisotopic (exact) mass is 231 g/mol. The van der Waals surface area contributed by atoms with Gasteiger partial charge in [0.25, 0.3) is 0 Å². The zero-order valence-corrected chi connectivity index (χ0v) is 9.79. The molecule has 0 N–H and O–H groups in total. The van der Waals surface area contributed by atoms with Crippen LogP contribution in [0, 0.1) is 18.3 Å². The molecule has 0 aromatic heterocycles. The van der Waals surface area contributed by atoms with Gasteiger partial charge in [0.05, 0.1) is 18.9 Å². The summed E-state index contributed by atoms with van der Waals surface area (Å²) in [4.78, 5) is 0. The maximum atomic E-state index is 11.8. The molecule has 5 heteroatoms. The van der Waals surface area contributed by atoms with Crippen LogP contribution in [-0.2, 0) is 14.8 Å². The predicted molar refractivity (Wildman–Crippen MR) is 58.8 cm³/mol. The third-order valence-corrected chi connectivity index (χ3v) is 4.11. The van der Waals surface area contributed by atoms with E-state index in [9.17, 15) is 8.42 Å². The van der Waals surface area contributed by atoms with Gasteiger partial charge in [-0.2, -0.15) is 4.31 Å². The molecule has 1 saturated carbocycles. The zero-order valence-electron chi connectivity index (χ0n) is 8.98. The van der Waals surface area contributed by atoms with Crippen molar-refractivity contribution in [3.63, 3.8) is 0 Å². The van der Waals surface area contributed by atoms with Crippen LogP contribution in [0.5, 0.6) is 0 Å². The van der Waals surface area contributed by atoms with Crippen LogP contribution >= 0.6 is 0 Å². The lowest BCUT2D eigenvalue weighted by atomic mass is 10.4. The highest BCUT2D eigenvalue weighted by molar-refractivity contribution is 7.89. The van der Waals surface area contributed by atoms with E-state index in [2.05, 4.69) is 5.92 Å². The molecule has 0 unspecified atom stereocenters. The fraction of sp³-hybridized carbons (Fsp3) is 0.800. The summed E-state index contributed by atoms with van der Waals surface area (Å²) in [5.74, 6) is 2.91. The Bertz CT molecular complexity index is 327. The fourth-order valence-electron chi connectivity index (χ4n) is 1.28. The Morgan fingerprint density at radius 1 is 1.53 bits per heavy atom. The minimum Gasteiger partial charge on any atom is -0.384 e. The van der Waals surface area contributed by atoms with E-state index in [1.807, 2.05) is 0 Å². The highest BCUT2D eigenvalue weighted by atomic mass is 32.2. The Labute approximate surface area is 91.7 Å². The number of hydrogen-bond donors (Lipinski definition) is 0. The minimum atomic E-state index is -3.24. The van der Waals surface area contributed by atoms with E-state index in [0.717, 1.165) is 12.8 Å². The molecule has 1 aliphatic carbocycles. The van der Waals surface area contributed by atoms with Crippen LogP contribution in [0.2, 0.25) is 0 Å². The van der Waals surface area contributed by atoms with Gasteiger partial charge in [0.1, 0.15) is 0 Å². The Balaban J connectivity index is 2.55. The highest BCUT2D eigenvalue weighted by Gasteiger charge is 2.29. The largest absolute Gasteiger partial charge is 0.384 e. The minimum absolute atomic E-state index is 0.0118. The van der Waals surface area contributed by atoms with Crippen molar-refractivity contribution in [2.45, 2.75) is 12.8 Å². The highest BCUT2D eigenvalue weighted by Crippen LogP contribution is 2.30. The Hall–Kier alpha value is -0.570. The standard InChI is InChI=1S/C10H17NO3S/c1-3-6-11(9-10-4-5-10)15(12,13)8-7-14-2/h1,10H,4-9H2,2H3. The summed E-state index contributed by atoms with van der Waals surface area (Å²) in [7, 11) is -1.75. The Kier molecular flexibility index (Phi) is 4.58. The maximum absolute atomic E-state index is 11.8. The van der Waals surface area contributed by atoms with Gasteiger partial charge >= 0.3 is 0 Å². The first-order valence-electron chi connectivity index (χ1n) is 5.00. The van der Waals surface area contributed by atoms with Crippen molar-refractivity contribution in [1.82, 2.24) is 4.31 Å². The number of nitrogens with zero attached hydrogens (tertiary/aromatic N) is 1. The Morgan fingerprint density at radius 3 is 2.67 bits per heavy atom. The second-order valence-electron chi connectivity index (χ2n) is 3.75. The summed E-state index contributed by atoms with van der Waals surface area (Å²) in [5.41, 5.74) is 0. The molecule has 0 atom stereocenters. The van der Waals surface area contributed by atoms with E-state index in [4.69, 9.17) is 11.2 Å². The van der Waals surface area contributed by atoms with Gasteiger partial charge in [-0.3, -0.25) is 0 Å². The molecule has 0 aliphatic heterocycles. The lowest BCUT2D eigenvalue weighted by Gasteiger charge is -2.19. The van der Waals surface area contributed by atoms with E-state index < -0.39 is 10.0 Å². The summed E-state index contributed by atoms with van der Waals surface area (Å²) in [5, 5.41) is 0. The molecule has 1 rings (SSSR count). The second kappa shape index (κ2) is 5.50. The predicted octanol–water partition coefficient (Wildman–Crippen LogP) is 0.308. The molecule has 0 radical (unpaired) electrons. The first kappa shape index (κ1) is 12.5. The van der Waals surface area contributed by atoms with Crippen LogP contribution in [0.4, 0.5) is 0 Å². The topological polar surface area (TPSA) is 46.6 Å². The third-order valence-electron chi connectivity index (χ3n) is 2.37. The molecule has 15 heavy (non-hydrogen) atoms. The molecule has 0 bridgehead atoms. The summed E-state index contributed by atoms with van der Waals surface area (Å²) in [6, 6.07) is 0. The van der Waals surface area contributed by atoms with E-state index >= 15 is 0 Å². The summed E-state index contributed by atoms with van der Waals surface area (Å²) < 4.78 is 29.7. The van der Waals surface area contributed by atoms with Crippen molar-refractivity contribution in [1.29, 1.82) is 0 Å². The SMILES string of the molecule is C#CCN(CC1CC1)S(=O)(=O)CCOC. The van der Waals surface area contributed by atoms with Crippen molar-refractivity contribution >= 4 is 10.0 Å². The zero-order chi connectivity index (χ0) is 11.3. The molecule has 0 aromatic carbocycles. The lowest BCUT2D eigenvalue weighted by Crippen LogP contribution is -2.36. The van der Waals surface area contributed by atoms with E-state index in [0.29, 0.717) is 12.5 Å². The van der Waals surface area contributed by atoms with Crippen LogP contribution in [0.25, 0.3) is 0 Å². The van der Waals surface area contributed by atoms with Crippen molar-refractivity contribution in [3.05, 3.63) is 0 Å². The fourth-order valence-corrected chi connectivity index (χ4v) is 2.63. The number of methoxy groups -OCH3 is 1. The van der Waals surface area contributed by atoms with Gasteiger partial charge in [-0.1, -0.05) is 5.92 Å². The van der Waals surface area contributed by atoms with Gasteiger partial charge in [0, 0.05) is 13.7 Å².